The average molecular weight is 644 g/mol. The zero-order chi connectivity index (χ0) is 33.2. The van der Waals surface area contributed by atoms with E-state index < -0.39 is 6.29 Å². The standard InChI is InChI=1S/C38H49N3O6/c1-26-35(24-41-21-19-33(44)23-41)46-38(47-37(26)30-13-11-28(25-42)12-14-30)31-17-15-29(16-18-31)34-9-6-5-8-32(34)22-40-36(45)10-4-3-7-20-39-27(2)43/h5-6,8-9,11-18,26,33,35,37-38,42,44H,3-4,7,10,19-25H2,1-2H3,(H,39,43)(H,40,45). The Balaban J connectivity index is 1.24. The van der Waals surface area contributed by atoms with Gasteiger partial charge in [0.25, 0.3) is 0 Å². The fourth-order valence-electron chi connectivity index (χ4n) is 6.47. The van der Waals surface area contributed by atoms with Crippen LogP contribution in [0.2, 0.25) is 0 Å². The van der Waals surface area contributed by atoms with Gasteiger partial charge in [-0.3, -0.25) is 14.5 Å². The number of hydrogen-bond donors (Lipinski definition) is 4. The van der Waals surface area contributed by atoms with Crippen LogP contribution in [0.15, 0.2) is 72.8 Å². The molecule has 5 atom stereocenters. The van der Waals surface area contributed by atoms with Crippen LogP contribution in [0.3, 0.4) is 0 Å². The van der Waals surface area contributed by atoms with Crippen molar-refractivity contribution in [2.45, 2.75) is 83.7 Å². The minimum atomic E-state index is -0.562. The number of hydrogen-bond acceptors (Lipinski definition) is 7. The van der Waals surface area contributed by atoms with Gasteiger partial charge in [-0.15, -0.1) is 0 Å². The molecule has 5 rings (SSSR count). The molecule has 9 heteroatoms. The van der Waals surface area contributed by atoms with Crippen molar-refractivity contribution in [1.82, 2.24) is 15.5 Å². The number of nitrogens with one attached hydrogen (secondary N) is 2. The predicted molar refractivity (Wildman–Crippen MR) is 181 cm³/mol. The highest BCUT2D eigenvalue weighted by atomic mass is 16.7. The summed E-state index contributed by atoms with van der Waals surface area (Å²) in [5, 5.41) is 25.5. The van der Waals surface area contributed by atoms with E-state index in [-0.39, 0.29) is 42.7 Å². The predicted octanol–water partition coefficient (Wildman–Crippen LogP) is 5.02. The lowest BCUT2D eigenvalue weighted by Gasteiger charge is -2.42. The maximum absolute atomic E-state index is 12.5. The number of rotatable bonds is 14. The Morgan fingerprint density at radius 1 is 0.915 bits per heavy atom. The number of benzene rings is 3. The summed E-state index contributed by atoms with van der Waals surface area (Å²) in [6.45, 7) is 6.98. The van der Waals surface area contributed by atoms with Gasteiger partial charge in [0.05, 0.1) is 24.9 Å². The minimum Gasteiger partial charge on any atom is -0.392 e. The number of ether oxygens (including phenoxy) is 2. The molecule has 47 heavy (non-hydrogen) atoms. The number of unbranched alkanes of at least 4 members (excludes halogenated alkanes) is 2. The first kappa shape index (κ1) is 34.7. The van der Waals surface area contributed by atoms with Gasteiger partial charge < -0.3 is 30.3 Å². The van der Waals surface area contributed by atoms with E-state index in [1.165, 1.54) is 6.92 Å². The van der Waals surface area contributed by atoms with Crippen molar-refractivity contribution in [2.24, 2.45) is 5.92 Å². The first-order valence-corrected chi connectivity index (χ1v) is 16.9. The van der Waals surface area contributed by atoms with Gasteiger partial charge in [-0.05, 0) is 47.1 Å². The topological polar surface area (TPSA) is 120 Å². The maximum Gasteiger partial charge on any atom is 0.220 e. The van der Waals surface area contributed by atoms with Gasteiger partial charge in [-0.1, -0.05) is 86.1 Å². The van der Waals surface area contributed by atoms with Gasteiger partial charge in [-0.25, -0.2) is 0 Å². The maximum atomic E-state index is 12.5. The van der Waals surface area contributed by atoms with Crippen LogP contribution in [0.4, 0.5) is 0 Å². The first-order valence-electron chi connectivity index (χ1n) is 16.9. The molecule has 4 N–H and O–H groups in total. The third-order valence-corrected chi connectivity index (χ3v) is 9.25. The van der Waals surface area contributed by atoms with Gasteiger partial charge in [0.1, 0.15) is 0 Å². The fourth-order valence-corrected chi connectivity index (χ4v) is 6.47. The smallest absolute Gasteiger partial charge is 0.220 e. The third-order valence-electron chi connectivity index (χ3n) is 9.25. The Labute approximate surface area is 278 Å². The largest absolute Gasteiger partial charge is 0.392 e. The fraction of sp³-hybridized carbons (Fsp3) is 0.474. The van der Waals surface area contributed by atoms with Gasteiger partial charge >= 0.3 is 0 Å². The Bertz CT molecular complexity index is 1450. The van der Waals surface area contributed by atoms with E-state index >= 15 is 0 Å². The van der Waals surface area contributed by atoms with E-state index in [9.17, 15) is 19.8 Å². The molecule has 2 heterocycles. The zero-order valence-corrected chi connectivity index (χ0v) is 27.6. The van der Waals surface area contributed by atoms with E-state index in [0.717, 1.165) is 72.2 Å². The summed E-state index contributed by atoms with van der Waals surface area (Å²) < 4.78 is 13.3. The SMILES string of the molecule is CC(=O)NCCCCCC(=O)NCc1ccccc1-c1ccc(C2OC(CN3CCC(O)C3)C(C)C(c3ccc(CO)cc3)O2)cc1. The first-order chi connectivity index (χ1) is 22.8. The number of carbonyl (C=O) groups excluding carboxylic acids is 2. The van der Waals surface area contributed by atoms with Gasteiger partial charge in [-0.2, -0.15) is 0 Å². The molecular formula is C38H49N3O6. The molecule has 2 aliphatic heterocycles. The van der Waals surface area contributed by atoms with Gasteiger partial charge in [0, 0.05) is 57.5 Å². The van der Waals surface area contributed by atoms with E-state index in [2.05, 4.69) is 52.8 Å². The molecule has 0 bridgehead atoms. The van der Waals surface area contributed by atoms with Crippen molar-refractivity contribution in [3.8, 4) is 11.1 Å². The Kier molecular flexibility index (Phi) is 12.6. The Hall–Kier alpha value is -3.60. The molecule has 3 aromatic carbocycles. The number of likely N-dealkylation sites (tertiary alicyclic amines) is 1. The molecule has 5 unspecified atom stereocenters. The highest BCUT2D eigenvalue weighted by Gasteiger charge is 2.39. The monoisotopic (exact) mass is 643 g/mol. The molecular weight excluding hydrogens is 594 g/mol. The number of aliphatic hydroxyl groups is 2. The van der Waals surface area contributed by atoms with Crippen LogP contribution in [-0.4, -0.2) is 65.3 Å². The summed E-state index contributed by atoms with van der Waals surface area (Å²) in [4.78, 5) is 25.8. The zero-order valence-electron chi connectivity index (χ0n) is 27.6. The highest BCUT2D eigenvalue weighted by molar-refractivity contribution is 5.76. The summed E-state index contributed by atoms with van der Waals surface area (Å²) in [7, 11) is 0. The Morgan fingerprint density at radius 3 is 2.36 bits per heavy atom. The molecule has 2 amide bonds. The van der Waals surface area contributed by atoms with Crippen LogP contribution < -0.4 is 10.6 Å². The number of amides is 2. The molecule has 0 radical (unpaired) electrons. The average Bonchev–Trinajstić information content (AvgIpc) is 3.50. The van der Waals surface area contributed by atoms with Crippen LogP contribution in [0.25, 0.3) is 11.1 Å². The summed E-state index contributed by atoms with van der Waals surface area (Å²) in [5.41, 5.74) is 5.97. The molecule has 0 aromatic heterocycles. The minimum absolute atomic E-state index is 0.00300. The van der Waals surface area contributed by atoms with Crippen LogP contribution in [0.1, 0.15) is 80.6 Å². The molecule has 9 nitrogen and oxygen atoms in total. The van der Waals surface area contributed by atoms with Crippen LogP contribution >= 0.6 is 0 Å². The second kappa shape index (κ2) is 17.0. The van der Waals surface area contributed by atoms with Gasteiger partial charge in [0.2, 0.25) is 11.8 Å². The third kappa shape index (κ3) is 9.72. The van der Waals surface area contributed by atoms with Crippen LogP contribution in [0.5, 0.6) is 0 Å². The molecule has 0 aliphatic carbocycles. The van der Waals surface area contributed by atoms with Crippen molar-refractivity contribution in [3.63, 3.8) is 0 Å². The quantitative estimate of drug-likeness (QED) is 0.182. The molecule has 0 spiro atoms. The lowest BCUT2D eigenvalue weighted by Crippen LogP contribution is -2.44. The Morgan fingerprint density at radius 2 is 1.66 bits per heavy atom. The van der Waals surface area contributed by atoms with Crippen LogP contribution in [0, 0.1) is 5.92 Å². The summed E-state index contributed by atoms with van der Waals surface area (Å²) in [5.74, 6) is 0.0726. The second-order valence-electron chi connectivity index (χ2n) is 12.9. The lowest BCUT2D eigenvalue weighted by atomic mass is 9.90. The molecule has 2 fully saturated rings. The summed E-state index contributed by atoms with van der Waals surface area (Å²) in [6, 6.07) is 24.3. The number of carbonyl (C=O) groups is 2. The van der Waals surface area contributed by atoms with Crippen molar-refractivity contribution in [2.75, 3.05) is 26.2 Å². The molecule has 2 aliphatic rings. The van der Waals surface area contributed by atoms with E-state index in [4.69, 9.17) is 9.47 Å². The van der Waals surface area contributed by atoms with Crippen molar-refractivity contribution in [3.05, 3.63) is 95.1 Å². The normalized spacial score (nSPS) is 23.0. The highest BCUT2D eigenvalue weighted by Crippen LogP contribution is 2.42. The van der Waals surface area contributed by atoms with Crippen molar-refractivity contribution < 1.29 is 29.3 Å². The van der Waals surface area contributed by atoms with Crippen LogP contribution in [-0.2, 0) is 32.2 Å². The molecule has 2 saturated heterocycles. The van der Waals surface area contributed by atoms with Crippen molar-refractivity contribution >= 4 is 11.8 Å². The summed E-state index contributed by atoms with van der Waals surface area (Å²) >= 11 is 0. The summed E-state index contributed by atoms with van der Waals surface area (Å²) in [6.07, 6.45) is 2.64. The van der Waals surface area contributed by atoms with Gasteiger partial charge in [0.15, 0.2) is 6.29 Å². The number of β-amino-alcohol motifs (C(OH)–C–C–N with tert-alkyl or cyclic N) is 1. The molecule has 3 aromatic rings. The van der Waals surface area contributed by atoms with E-state index in [0.29, 0.717) is 26.1 Å². The van der Waals surface area contributed by atoms with E-state index in [1.807, 2.05) is 42.5 Å². The second-order valence-corrected chi connectivity index (χ2v) is 12.9. The lowest BCUT2D eigenvalue weighted by molar-refractivity contribution is -0.276. The van der Waals surface area contributed by atoms with Crippen molar-refractivity contribution in [1.29, 1.82) is 0 Å². The number of aliphatic hydroxyl groups excluding tert-OH is 2. The molecule has 252 valence electrons. The number of nitrogens with zero attached hydrogens (tertiary/aromatic N) is 1. The van der Waals surface area contributed by atoms with E-state index in [1.54, 1.807) is 0 Å². The molecule has 0 saturated carbocycles.